The van der Waals surface area contributed by atoms with Gasteiger partial charge in [0.1, 0.15) is 5.76 Å². The molecule has 0 spiro atoms. The van der Waals surface area contributed by atoms with Crippen LogP contribution in [0.5, 0.6) is 0 Å². The topological polar surface area (TPSA) is 80.0 Å². The van der Waals surface area contributed by atoms with Crippen LogP contribution in [0.2, 0.25) is 0 Å². The lowest BCUT2D eigenvalue weighted by molar-refractivity contribution is 0.234. The normalized spacial score (nSPS) is 16.9. The molecule has 0 bridgehead atoms. The van der Waals surface area contributed by atoms with Gasteiger partial charge in [0.25, 0.3) is 0 Å². The second-order valence-electron chi connectivity index (χ2n) is 6.18. The standard InChI is InChI=1S/C16H22N4O2S/c1-8(13-7-23-15(19-13)12-5-6-12)17-16(21)18-9(2)14-10(3)20-22-11(14)4/h7-9,12H,5-6H2,1-4H3,(H2,17,18,21). The fourth-order valence-corrected chi connectivity index (χ4v) is 3.79. The molecule has 6 nitrogen and oxygen atoms in total. The number of aryl methyl sites for hydroxylation is 2. The summed E-state index contributed by atoms with van der Waals surface area (Å²) >= 11 is 1.69. The highest BCUT2D eigenvalue weighted by Gasteiger charge is 2.27. The summed E-state index contributed by atoms with van der Waals surface area (Å²) in [6.45, 7) is 7.60. The molecular weight excluding hydrogens is 312 g/mol. The molecule has 2 heterocycles. The Balaban J connectivity index is 1.57. The molecule has 7 heteroatoms. The van der Waals surface area contributed by atoms with E-state index < -0.39 is 0 Å². The van der Waals surface area contributed by atoms with Gasteiger partial charge in [0.15, 0.2) is 0 Å². The van der Waals surface area contributed by atoms with Crippen LogP contribution in [0.1, 0.15) is 72.4 Å². The van der Waals surface area contributed by atoms with Crippen molar-refractivity contribution in [3.05, 3.63) is 33.1 Å². The van der Waals surface area contributed by atoms with Crippen molar-refractivity contribution in [1.82, 2.24) is 20.8 Å². The Morgan fingerprint density at radius 1 is 1.30 bits per heavy atom. The summed E-state index contributed by atoms with van der Waals surface area (Å²) in [5.74, 6) is 1.38. The Bertz CT molecular complexity index is 685. The van der Waals surface area contributed by atoms with Crippen LogP contribution >= 0.6 is 11.3 Å². The van der Waals surface area contributed by atoms with Gasteiger partial charge in [-0.05, 0) is 40.5 Å². The van der Waals surface area contributed by atoms with Crippen LogP contribution in [0, 0.1) is 13.8 Å². The number of nitrogens with one attached hydrogen (secondary N) is 2. The van der Waals surface area contributed by atoms with E-state index in [4.69, 9.17) is 4.52 Å². The first kappa shape index (κ1) is 16.0. The van der Waals surface area contributed by atoms with Gasteiger partial charge in [0, 0.05) is 16.9 Å². The van der Waals surface area contributed by atoms with Crippen molar-refractivity contribution in [3.63, 3.8) is 0 Å². The first-order valence-corrected chi connectivity index (χ1v) is 8.78. The third kappa shape index (κ3) is 3.55. The van der Waals surface area contributed by atoms with E-state index in [-0.39, 0.29) is 18.1 Å². The molecular formula is C16H22N4O2S. The molecule has 1 aliphatic carbocycles. The quantitative estimate of drug-likeness (QED) is 0.873. The van der Waals surface area contributed by atoms with Crippen LogP contribution in [0.3, 0.4) is 0 Å². The molecule has 0 radical (unpaired) electrons. The molecule has 2 aromatic rings. The first-order valence-electron chi connectivity index (χ1n) is 7.90. The highest BCUT2D eigenvalue weighted by atomic mass is 32.1. The Labute approximate surface area is 139 Å². The lowest BCUT2D eigenvalue weighted by Crippen LogP contribution is -2.38. The summed E-state index contributed by atoms with van der Waals surface area (Å²) in [6.07, 6.45) is 2.48. The summed E-state index contributed by atoms with van der Waals surface area (Å²) < 4.78 is 5.15. The highest BCUT2D eigenvalue weighted by molar-refractivity contribution is 7.09. The maximum atomic E-state index is 12.2. The largest absolute Gasteiger partial charge is 0.361 e. The molecule has 1 fully saturated rings. The molecule has 0 aromatic carbocycles. The molecule has 2 atom stereocenters. The van der Waals surface area contributed by atoms with Crippen LogP contribution in [-0.2, 0) is 0 Å². The lowest BCUT2D eigenvalue weighted by atomic mass is 10.1. The second kappa shape index (κ2) is 6.31. The zero-order valence-electron chi connectivity index (χ0n) is 13.8. The van der Waals surface area contributed by atoms with Gasteiger partial charge in [-0.15, -0.1) is 11.3 Å². The number of amides is 2. The van der Waals surface area contributed by atoms with Crippen LogP contribution in [0.15, 0.2) is 9.90 Å². The Hall–Kier alpha value is -1.89. The Morgan fingerprint density at radius 3 is 2.61 bits per heavy atom. The fraction of sp³-hybridized carbons (Fsp3) is 0.562. The van der Waals surface area contributed by atoms with Gasteiger partial charge in [-0.25, -0.2) is 9.78 Å². The minimum atomic E-state index is -0.217. The molecule has 0 saturated heterocycles. The predicted octanol–water partition coefficient (Wildman–Crippen LogP) is 3.75. The number of nitrogens with zero attached hydrogens (tertiary/aromatic N) is 2. The number of carbonyl (C=O) groups is 1. The van der Waals surface area contributed by atoms with E-state index in [2.05, 4.69) is 20.8 Å². The van der Waals surface area contributed by atoms with Crippen molar-refractivity contribution in [3.8, 4) is 0 Å². The van der Waals surface area contributed by atoms with E-state index in [1.165, 1.54) is 17.8 Å². The van der Waals surface area contributed by atoms with Gasteiger partial charge in [-0.3, -0.25) is 0 Å². The molecule has 23 heavy (non-hydrogen) atoms. The van der Waals surface area contributed by atoms with E-state index in [0.29, 0.717) is 5.92 Å². The molecule has 2 unspecified atom stereocenters. The summed E-state index contributed by atoms with van der Waals surface area (Å²) in [7, 11) is 0. The molecule has 1 aliphatic rings. The molecule has 0 aliphatic heterocycles. The van der Waals surface area contributed by atoms with E-state index in [9.17, 15) is 4.79 Å². The van der Waals surface area contributed by atoms with Gasteiger partial charge in [-0.1, -0.05) is 5.16 Å². The molecule has 2 N–H and O–H groups in total. The summed E-state index contributed by atoms with van der Waals surface area (Å²) in [4.78, 5) is 16.8. The molecule has 2 aromatic heterocycles. The van der Waals surface area contributed by atoms with Crippen molar-refractivity contribution in [1.29, 1.82) is 0 Å². The third-order valence-corrected chi connectivity index (χ3v) is 5.15. The van der Waals surface area contributed by atoms with Crippen molar-refractivity contribution >= 4 is 17.4 Å². The average Bonchev–Trinajstić information content (AvgIpc) is 3.11. The van der Waals surface area contributed by atoms with Crippen LogP contribution in [-0.4, -0.2) is 16.2 Å². The zero-order chi connectivity index (χ0) is 16.6. The maximum Gasteiger partial charge on any atom is 0.315 e. The lowest BCUT2D eigenvalue weighted by Gasteiger charge is -2.17. The summed E-state index contributed by atoms with van der Waals surface area (Å²) in [5, 5.41) is 13.0. The fourth-order valence-electron chi connectivity index (χ4n) is 2.71. The van der Waals surface area contributed by atoms with Gasteiger partial charge in [0.2, 0.25) is 0 Å². The monoisotopic (exact) mass is 334 g/mol. The van der Waals surface area contributed by atoms with E-state index in [1.54, 1.807) is 11.3 Å². The Kier molecular flexibility index (Phi) is 4.39. The van der Waals surface area contributed by atoms with Gasteiger partial charge in [0.05, 0.1) is 28.5 Å². The van der Waals surface area contributed by atoms with Gasteiger partial charge in [-0.2, -0.15) is 0 Å². The van der Waals surface area contributed by atoms with Gasteiger partial charge >= 0.3 is 6.03 Å². The highest BCUT2D eigenvalue weighted by Crippen LogP contribution is 2.41. The summed E-state index contributed by atoms with van der Waals surface area (Å²) in [6, 6.07) is -0.493. The number of hydrogen-bond donors (Lipinski definition) is 2. The molecule has 124 valence electrons. The Morgan fingerprint density at radius 2 is 2.00 bits per heavy atom. The first-order chi connectivity index (χ1) is 11.0. The summed E-state index contributed by atoms with van der Waals surface area (Å²) in [5.41, 5.74) is 2.66. The van der Waals surface area contributed by atoms with E-state index in [0.717, 1.165) is 22.7 Å². The van der Waals surface area contributed by atoms with Crippen LogP contribution in [0.4, 0.5) is 4.79 Å². The number of carbonyl (C=O) groups excluding carboxylic acids is 1. The molecule has 2 amide bonds. The van der Waals surface area contributed by atoms with Gasteiger partial charge < -0.3 is 15.2 Å². The predicted molar refractivity (Wildman–Crippen MR) is 88.6 cm³/mol. The van der Waals surface area contributed by atoms with Crippen molar-refractivity contribution in [2.45, 2.75) is 58.5 Å². The maximum absolute atomic E-state index is 12.2. The van der Waals surface area contributed by atoms with E-state index in [1.807, 2.05) is 33.1 Å². The number of thiazole rings is 1. The third-order valence-electron chi connectivity index (χ3n) is 4.13. The molecule has 1 saturated carbocycles. The zero-order valence-corrected chi connectivity index (χ0v) is 14.7. The van der Waals surface area contributed by atoms with E-state index >= 15 is 0 Å². The number of rotatable bonds is 5. The van der Waals surface area contributed by atoms with Crippen molar-refractivity contribution in [2.75, 3.05) is 0 Å². The number of hydrogen-bond acceptors (Lipinski definition) is 5. The number of aromatic nitrogens is 2. The van der Waals surface area contributed by atoms with Crippen LogP contribution < -0.4 is 10.6 Å². The average molecular weight is 334 g/mol. The SMILES string of the molecule is Cc1noc(C)c1C(C)NC(=O)NC(C)c1csc(C2CC2)n1. The van der Waals surface area contributed by atoms with Crippen molar-refractivity contribution < 1.29 is 9.32 Å². The van der Waals surface area contributed by atoms with Crippen molar-refractivity contribution in [2.24, 2.45) is 0 Å². The second-order valence-corrected chi connectivity index (χ2v) is 7.07. The smallest absolute Gasteiger partial charge is 0.315 e. The minimum Gasteiger partial charge on any atom is -0.361 e. The minimum absolute atomic E-state index is 0.115. The molecule has 3 rings (SSSR count). The van der Waals surface area contributed by atoms with Crippen LogP contribution in [0.25, 0.3) is 0 Å². The number of urea groups is 1.